The van der Waals surface area contributed by atoms with Gasteiger partial charge < -0.3 is 9.47 Å². The van der Waals surface area contributed by atoms with E-state index < -0.39 is 5.97 Å². The maximum atomic E-state index is 13.4. The zero-order chi connectivity index (χ0) is 27.2. The Morgan fingerprint density at radius 1 is 0.872 bits per heavy atom. The van der Waals surface area contributed by atoms with Crippen LogP contribution in [0.15, 0.2) is 113 Å². The van der Waals surface area contributed by atoms with E-state index in [0.717, 1.165) is 16.7 Å². The summed E-state index contributed by atoms with van der Waals surface area (Å²) in [4.78, 5) is 30.5. The SMILES string of the molecule is COc1cc(C=Nn2c(-c3ccc(C)cc3)nc3ccccc3c2=O)ccc1OC(=O)/C=C/c1ccccc1. The number of ether oxygens (including phenoxy) is 2. The van der Waals surface area contributed by atoms with Crippen molar-refractivity contribution in [2.24, 2.45) is 5.10 Å². The second-order valence-electron chi connectivity index (χ2n) is 8.76. The summed E-state index contributed by atoms with van der Waals surface area (Å²) in [5.41, 5.74) is 3.70. The van der Waals surface area contributed by atoms with Gasteiger partial charge in [-0.25, -0.2) is 9.78 Å². The number of aryl methyl sites for hydroxylation is 1. The number of hydrogen-bond donors (Lipinski definition) is 0. The first-order chi connectivity index (χ1) is 19.0. The normalized spacial score (nSPS) is 11.3. The van der Waals surface area contributed by atoms with Crippen LogP contribution in [0.4, 0.5) is 0 Å². The smallest absolute Gasteiger partial charge is 0.336 e. The van der Waals surface area contributed by atoms with Crippen molar-refractivity contribution < 1.29 is 14.3 Å². The third-order valence-corrected chi connectivity index (χ3v) is 6.00. The molecular formula is C32H25N3O4. The summed E-state index contributed by atoms with van der Waals surface area (Å²) in [5, 5.41) is 4.96. The minimum atomic E-state index is -0.532. The molecule has 39 heavy (non-hydrogen) atoms. The number of benzene rings is 4. The first kappa shape index (κ1) is 25.4. The molecule has 4 aromatic carbocycles. The zero-order valence-corrected chi connectivity index (χ0v) is 21.4. The van der Waals surface area contributed by atoms with Gasteiger partial charge in [-0.05, 0) is 54.5 Å². The zero-order valence-electron chi connectivity index (χ0n) is 21.4. The van der Waals surface area contributed by atoms with Crippen molar-refractivity contribution in [2.75, 3.05) is 7.11 Å². The first-order valence-electron chi connectivity index (χ1n) is 12.3. The molecule has 5 aromatic rings. The topological polar surface area (TPSA) is 82.8 Å². The molecule has 0 fully saturated rings. The Morgan fingerprint density at radius 2 is 1.62 bits per heavy atom. The summed E-state index contributed by atoms with van der Waals surface area (Å²) in [7, 11) is 1.49. The number of carbonyl (C=O) groups excluding carboxylic acids is 1. The van der Waals surface area contributed by atoms with Crippen molar-refractivity contribution in [3.05, 3.63) is 130 Å². The molecule has 0 saturated carbocycles. The Bertz CT molecular complexity index is 1760. The van der Waals surface area contributed by atoms with E-state index in [1.807, 2.05) is 73.7 Å². The number of hydrogen-bond acceptors (Lipinski definition) is 6. The highest BCUT2D eigenvalue weighted by molar-refractivity contribution is 5.89. The molecule has 0 unspecified atom stereocenters. The van der Waals surface area contributed by atoms with Gasteiger partial charge in [0.25, 0.3) is 5.56 Å². The largest absolute Gasteiger partial charge is 0.493 e. The average molecular weight is 516 g/mol. The number of para-hydroxylation sites is 1. The molecule has 0 aliphatic rings. The van der Waals surface area contributed by atoms with Gasteiger partial charge in [0.2, 0.25) is 0 Å². The van der Waals surface area contributed by atoms with Gasteiger partial charge in [-0.2, -0.15) is 9.78 Å². The lowest BCUT2D eigenvalue weighted by atomic mass is 10.1. The standard InChI is InChI=1S/C32H25N3O4/c1-22-12-16-25(17-13-22)31-34-27-11-7-6-10-26(27)32(37)35(31)33-21-24-14-18-28(29(20-24)38-2)39-30(36)19-15-23-8-4-3-5-9-23/h3-21H,1-2H3/b19-15+,33-21?. The van der Waals surface area contributed by atoms with E-state index in [4.69, 9.17) is 14.5 Å². The summed E-state index contributed by atoms with van der Waals surface area (Å²) in [6.45, 7) is 2.00. The Labute approximate surface area is 225 Å². The molecule has 192 valence electrons. The van der Waals surface area contributed by atoms with Gasteiger partial charge in [-0.1, -0.05) is 72.3 Å². The second kappa shape index (κ2) is 11.4. The molecule has 1 aromatic heterocycles. The third kappa shape index (κ3) is 5.83. The molecule has 7 nitrogen and oxygen atoms in total. The molecule has 0 saturated heterocycles. The Kier molecular flexibility index (Phi) is 7.41. The number of aromatic nitrogens is 2. The highest BCUT2D eigenvalue weighted by atomic mass is 16.6. The second-order valence-corrected chi connectivity index (χ2v) is 8.76. The minimum absolute atomic E-state index is 0.266. The summed E-state index contributed by atoms with van der Waals surface area (Å²) in [5.74, 6) is 0.512. The molecule has 0 spiro atoms. The summed E-state index contributed by atoms with van der Waals surface area (Å²) in [6, 6.07) is 29.4. The van der Waals surface area contributed by atoms with Gasteiger partial charge in [0.15, 0.2) is 17.3 Å². The van der Waals surface area contributed by atoms with E-state index in [9.17, 15) is 9.59 Å². The van der Waals surface area contributed by atoms with Crippen molar-refractivity contribution in [1.29, 1.82) is 0 Å². The van der Waals surface area contributed by atoms with Crippen LogP contribution < -0.4 is 15.0 Å². The molecule has 5 rings (SSSR count). The van der Waals surface area contributed by atoms with Crippen LogP contribution in [0.25, 0.3) is 28.4 Å². The number of fused-ring (bicyclic) bond motifs is 1. The van der Waals surface area contributed by atoms with Crippen molar-refractivity contribution in [3.8, 4) is 22.9 Å². The maximum absolute atomic E-state index is 13.4. The maximum Gasteiger partial charge on any atom is 0.336 e. The Hall–Kier alpha value is -5.30. The van der Waals surface area contributed by atoms with E-state index in [2.05, 4.69) is 5.10 Å². The number of rotatable bonds is 7. The molecule has 0 amide bonds. The van der Waals surface area contributed by atoms with E-state index in [0.29, 0.717) is 28.0 Å². The van der Waals surface area contributed by atoms with Gasteiger partial charge in [0, 0.05) is 11.6 Å². The first-order valence-corrected chi connectivity index (χ1v) is 12.3. The van der Waals surface area contributed by atoms with Crippen molar-refractivity contribution in [2.45, 2.75) is 6.92 Å². The Morgan fingerprint density at radius 3 is 2.38 bits per heavy atom. The Balaban J connectivity index is 1.45. The summed E-state index contributed by atoms with van der Waals surface area (Å²) >= 11 is 0. The fraction of sp³-hybridized carbons (Fsp3) is 0.0625. The van der Waals surface area contributed by atoms with E-state index in [1.165, 1.54) is 17.9 Å². The van der Waals surface area contributed by atoms with E-state index in [1.54, 1.807) is 42.6 Å². The highest BCUT2D eigenvalue weighted by Crippen LogP contribution is 2.28. The number of carbonyl (C=O) groups is 1. The molecule has 0 radical (unpaired) electrons. The van der Waals surface area contributed by atoms with Crippen LogP contribution >= 0.6 is 0 Å². The molecule has 0 aliphatic heterocycles. The molecule has 0 aliphatic carbocycles. The van der Waals surface area contributed by atoms with Crippen LogP contribution in [0.3, 0.4) is 0 Å². The fourth-order valence-corrected chi connectivity index (χ4v) is 3.96. The van der Waals surface area contributed by atoms with Crippen LogP contribution in [-0.2, 0) is 4.79 Å². The predicted molar refractivity (Wildman–Crippen MR) is 153 cm³/mol. The average Bonchev–Trinajstić information content (AvgIpc) is 2.97. The minimum Gasteiger partial charge on any atom is -0.493 e. The molecule has 7 heteroatoms. The van der Waals surface area contributed by atoms with E-state index in [-0.39, 0.29) is 11.3 Å². The number of methoxy groups -OCH3 is 1. The van der Waals surface area contributed by atoms with E-state index >= 15 is 0 Å². The van der Waals surface area contributed by atoms with Crippen molar-refractivity contribution in [3.63, 3.8) is 0 Å². The fourth-order valence-electron chi connectivity index (χ4n) is 3.96. The van der Waals surface area contributed by atoms with Crippen LogP contribution in [0.2, 0.25) is 0 Å². The van der Waals surface area contributed by atoms with Crippen molar-refractivity contribution in [1.82, 2.24) is 9.66 Å². The van der Waals surface area contributed by atoms with Gasteiger partial charge >= 0.3 is 5.97 Å². The third-order valence-electron chi connectivity index (χ3n) is 6.00. The number of esters is 1. The van der Waals surface area contributed by atoms with Crippen LogP contribution in [0.5, 0.6) is 11.5 Å². The molecule has 0 atom stereocenters. The van der Waals surface area contributed by atoms with Crippen LogP contribution in [0, 0.1) is 6.92 Å². The number of nitrogens with zero attached hydrogens (tertiary/aromatic N) is 3. The lowest BCUT2D eigenvalue weighted by molar-refractivity contribution is -0.129. The van der Waals surface area contributed by atoms with Gasteiger partial charge in [-0.3, -0.25) is 4.79 Å². The molecule has 1 heterocycles. The lowest BCUT2D eigenvalue weighted by Crippen LogP contribution is -2.20. The quantitative estimate of drug-likeness (QED) is 0.117. The molecular weight excluding hydrogens is 490 g/mol. The van der Waals surface area contributed by atoms with Gasteiger partial charge in [0.05, 0.1) is 24.2 Å². The lowest BCUT2D eigenvalue weighted by Gasteiger charge is -2.10. The van der Waals surface area contributed by atoms with Gasteiger partial charge in [-0.15, -0.1) is 0 Å². The van der Waals surface area contributed by atoms with Gasteiger partial charge in [0.1, 0.15) is 0 Å². The summed E-state index contributed by atoms with van der Waals surface area (Å²) < 4.78 is 12.2. The highest BCUT2D eigenvalue weighted by Gasteiger charge is 2.13. The van der Waals surface area contributed by atoms with Crippen LogP contribution in [0.1, 0.15) is 16.7 Å². The molecule has 0 N–H and O–H groups in total. The molecule has 0 bridgehead atoms. The monoisotopic (exact) mass is 515 g/mol. The summed E-state index contributed by atoms with van der Waals surface area (Å²) in [6.07, 6.45) is 4.58. The van der Waals surface area contributed by atoms with Crippen LogP contribution in [-0.4, -0.2) is 29.0 Å². The van der Waals surface area contributed by atoms with Crippen molar-refractivity contribution >= 4 is 29.2 Å². The predicted octanol–water partition coefficient (Wildman–Crippen LogP) is 5.88.